The molecule has 2 heterocycles. The summed E-state index contributed by atoms with van der Waals surface area (Å²) in [5, 5.41) is 5.81. The number of pyridine rings is 1. The maximum Gasteiger partial charge on any atom is 0.270 e. The van der Waals surface area contributed by atoms with Crippen molar-refractivity contribution < 1.29 is 14.0 Å². The Bertz CT molecular complexity index is 894. The molecule has 0 bridgehead atoms. The molecule has 0 fully saturated rings. The van der Waals surface area contributed by atoms with Gasteiger partial charge in [0.1, 0.15) is 11.5 Å². The number of anilines is 1. The van der Waals surface area contributed by atoms with Gasteiger partial charge in [-0.25, -0.2) is 0 Å². The van der Waals surface area contributed by atoms with Gasteiger partial charge in [-0.2, -0.15) is 0 Å². The molecule has 0 spiro atoms. The fraction of sp³-hybridized carbons (Fsp3) is 0.0556. The normalized spacial score (nSPS) is 10.3. The van der Waals surface area contributed by atoms with Crippen LogP contribution in [0, 0.1) is 0 Å². The Morgan fingerprint density at radius 3 is 2.68 bits per heavy atom. The molecular weight excluding hydrogens is 342 g/mol. The molecule has 25 heavy (non-hydrogen) atoms. The van der Waals surface area contributed by atoms with E-state index in [9.17, 15) is 9.59 Å². The Hall–Kier alpha value is -3.12. The second-order valence-electron chi connectivity index (χ2n) is 5.13. The molecule has 0 aliphatic rings. The van der Waals surface area contributed by atoms with Crippen LogP contribution in [-0.4, -0.2) is 16.8 Å². The molecule has 0 unspecified atom stereocenters. The van der Waals surface area contributed by atoms with Crippen LogP contribution in [-0.2, 0) is 6.54 Å². The number of amides is 2. The number of carbonyl (C=O) groups is 2. The van der Waals surface area contributed by atoms with Gasteiger partial charge in [-0.1, -0.05) is 23.7 Å². The van der Waals surface area contributed by atoms with E-state index in [1.165, 1.54) is 24.6 Å². The molecule has 0 atom stereocenters. The number of hydrogen-bond donors (Lipinski definition) is 2. The van der Waals surface area contributed by atoms with Crippen LogP contribution in [0.25, 0.3) is 0 Å². The van der Waals surface area contributed by atoms with Crippen molar-refractivity contribution in [3.8, 4) is 0 Å². The zero-order chi connectivity index (χ0) is 17.6. The first-order valence-corrected chi connectivity index (χ1v) is 7.84. The predicted molar refractivity (Wildman–Crippen MR) is 93.5 cm³/mol. The maximum absolute atomic E-state index is 12.3. The van der Waals surface area contributed by atoms with Gasteiger partial charge in [-0.05, 0) is 36.4 Å². The van der Waals surface area contributed by atoms with Crippen LogP contribution in [0.5, 0.6) is 0 Å². The van der Waals surface area contributed by atoms with Crippen LogP contribution in [0.1, 0.15) is 26.6 Å². The van der Waals surface area contributed by atoms with Crippen molar-refractivity contribution in [2.45, 2.75) is 6.54 Å². The third-order valence-electron chi connectivity index (χ3n) is 3.38. The van der Waals surface area contributed by atoms with E-state index in [-0.39, 0.29) is 18.1 Å². The van der Waals surface area contributed by atoms with E-state index in [2.05, 4.69) is 15.6 Å². The van der Waals surface area contributed by atoms with Gasteiger partial charge >= 0.3 is 0 Å². The number of aromatic nitrogens is 1. The number of benzene rings is 1. The van der Waals surface area contributed by atoms with Crippen LogP contribution in [0.15, 0.2) is 65.4 Å². The highest BCUT2D eigenvalue weighted by molar-refractivity contribution is 6.33. The molecule has 0 saturated carbocycles. The SMILES string of the molecule is O=C(Nc1ccccc1Cl)c1ccnc(C(=O)NCc2ccco2)c1. The second kappa shape index (κ2) is 7.63. The summed E-state index contributed by atoms with van der Waals surface area (Å²) in [6.07, 6.45) is 2.93. The third-order valence-corrected chi connectivity index (χ3v) is 3.71. The van der Waals surface area contributed by atoms with E-state index >= 15 is 0 Å². The fourth-order valence-electron chi connectivity index (χ4n) is 2.12. The van der Waals surface area contributed by atoms with Gasteiger partial charge in [-0.3, -0.25) is 14.6 Å². The molecule has 6 nitrogen and oxygen atoms in total. The highest BCUT2D eigenvalue weighted by Gasteiger charge is 2.13. The highest BCUT2D eigenvalue weighted by atomic mass is 35.5. The van der Waals surface area contributed by atoms with Crippen molar-refractivity contribution in [3.63, 3.8) is 0 Å². The Labute approximate surface area is 148 Å². The lowest BCUT2D eigenvalue weighted by Gasteiger charge is -2.08. The summed E-state index contributed by atoms with van der Waals surface area (Å²) in [6.45, 7) is 0.240. The summed E-state index contributed by atoms with van der Waals surface area (Å²) in [6, 6.07) is 13.3. The standard InChI is InChI=1S/C18H14ClN3O3/c19-14-5-1-2-6-15(14)22-17(23)12-7-8-20-16(10-12)18(24)21-11-13-4-3-9-25-13/h1-10H,11H2,(H,21,24)(H,22,23). The Balaban J connectivity index is 1.69. The molecule has 0 saturated heterocycles. The minimum absolute atomic E-state index is 0.137. The Kier molecular flexibility index (Phi) is 5.11. The molecule has 0 aliphatic heterocycles. The summed E-state index contributed by atoms with van der Waals surface area (Å²) in [4.78, 5) is 28.5. The topological polar surface area (TPSA) is 84.2 Å². The predicted octanol–water partition coefficient (Wildman–Crippen LogP) is 3.51. The van der Waals surface area contributed by atoms with Crippen LogP contribution in [0.3, 0.4) is 0 Å². The van der Waals surface area contributed by atoms with Crippen molar-refractivity contribution in [1.29, 1.82) is 0 Å². The number of para-hydroxylation sites is 1. The maximum atomic E-state index is 12.3. The molecule has 3 rings (SSSR count). The second-order valence-corrected chi connectivity index (χ2v) is 5.53. The van der Waals surface area contributed by atoms with Crippen LogP contribution in [0.4, 0.5) is 5.69 Å². The Morgan fingerprint density at radius 1 is 1.08 bits per heavy atom. The van der Waals surface area contributed by atoms with Gasteiger partial charge in [0.15, 0.2) is 0 Å². The summed E-state index contributed by atoms with van der Waals surface area (Å²) >= 11 is 6.03. The van der Waals surface area contributed by atoms with Gasteiger partial charge in [0, 0.05) is 11.8 Å². The van der Waals surface area contributed by atoms with E-state index in [1.54, 1.807) is 36.4 Å². The molecule has 2 amide bonds. The number of carbonyl (C=O) groups excluding carboxylic acids is 2. The van der Waals surface area contributed by atoms with E-state index in [1.807, 2.05) is 0 Å². The number of rotatable bonds is 5. The average Bonchev–Trinajstić information content (AvgIpc) is 3.15. The molecule has 7 heteroatoms. The molecule has 3 aromatic rings. The van der Waals surface area contributed by atoms with Gasteiger partial charge in [0.25, 0.3) is 11.8 Å². The van der Waals surface area contributed by atoms with Crippen molar-refractivity contribution in [3.05, 3.63) is 83.0 Å². The van der Waals surface area contributed by atoms with Crippen molar-refractivity contribution in [2.75, 3.05) is 5.32 Å². The zero-order valence-electron chi connectivity index (χ0n) is 13.0. The van der Waals surface area contributed by atoms with E-state index in [0.717, 1.165) is 0 Å². The van der Waals surface area contributed by atoms with Crippen LogP contribution < -0.4 is 10.6 Å². The largest absolute Gasteiger partial charge is 0.467 e. The van der Waals surface area contributed by atoms with Gasteiger partial charge in [-0.15, -0.1) is 0 Å². The molecule has 0 aliphatic carbocycles. The monoisotopic (exact) mass is 355 g/mol. The first kappa shape index (κ1) is 16.7. The van der Waals surface area contributed by atoms with Gasteiger partial charge in [0.05, 0.1) is 23.5 Å². The minimum Gasteiger partial charge on any atom is -0.467 e. The van der Waals surface area contributed by atoms with E-state index in [4.69, 9.17) is 16.0 Å². The lowest BCUT2D eigenvalue weighted by molar-refractivity contribution is 0.0943. The average molecular weight is 356 g/mol. The van der Waals surface area contributed by atoms with Crippen LogP contribution in [0.2, 0.25) is 5.02 Å². The van der Waals surface area contributed by atoms with E-state index < -0.39 is 5.91 Å². The molecule has 0 radical (unpaired) electrons. The summed E-state index contributed by atoms with van der Waals surface area (Å²) < 4.78 is 5.15. The van der Waals surface area contributed by atoms with E-state index in [0.29, 0.717) is 22.0 Å². The smallest absolute Gasteiger partial charge is 0.270 e. The van der Waals surface area contributed by atoms with Gasteiger partial charge < -0.3 is 15.1 Å². The minimum atomic E-state index is -0.399. The Morgan fingerprint density at radius 2 is 1.92 bits per heavy atom. The first-order chi connectivity index (χ1) is 12.1. The van der Waals surface area contributed by atoms with Crippen molar-refractivity contribution in [1.82, 2.24) is 10.3 Å². The third kappa shape index (κ3) is 4.24. The zero-order valence-corrected chi connectivity index (χ0v) is 13.8. The molecule has 2 aromatic heterocycles. The van der Waals surface area contributed by atoms with Crippen molar-refractivity contribution >= 4 is 29.1 Å². The lowest BCUT2D eigenvalue weighted by Crippen LogP contribution is -2.24. The lowest BCUT2D eigenvalue weighted by atomic mass is 10.2. The molecule has 2 N–H and O–H groups in total. The van der Waals surface area contributed by atoms with Crippen molar-refractivity contribution in [2.24, 2.45) is 0 Å². The number of hydrogen-bond acceptors (Lipinski definition) is 4. The molecule has 1 aromatic carbocycles. The van der Waals surface area contributed by atoms with Gasteiger partial charge in [0.2, 0.25) is 0 Å². The highest BCUT2D eigenvalue weighted by Crippen LogP contribution is 2.21. The number of furan rings is 1. The summed E-state index contributed by atoms with van der Waals surface area (Å²) in [5.41, 5.74) is 0.936. The first-order valence-electron chi connectivity index (χ1n) is 7.46. The summed E-state index contributed by atoms with van der Waals surface area (Å²) in [7, 11) is 0. The van der Waals surface area contributed by atoms with Crippen LogP contribution >= 0.6 is 11.6 Å². The molecular formula is C18H14ClN3O3. The number of nitrogens with zero attached hydrogens (tertiary/aromatic N) is 1. The fourth-order valence-corrected chi connectivity index (χ4v) is 2.31. The quantitative estimate of drug-likeness (QED) is 0.733. The number of nitrogens with one attached hydrogen (secondary N) is 2. The summed E-state index contributed by atoms with van der Waals surface area (Å²) in [5.74, 6) is -0.152. The molecule has 126 valence electrons. The number of halogens is 1.